The van der Waals surface area contributed by atoms with E-state index in [-0.39, 0.29) is 22.9 Å². The number of rotatable bonds is 3. The van der Waals surface area contributed by atoms with Crippen molar-refractivity contribution in [3.8, 4) is 0 Å². The first-order chi connectivity index (χ1) is 9.85. The molecule has 1 fully saturated rings. The van der Waals surface area contributed by atoms with Crippen LogP contribution in [0.3, 0.4) is 0 Å². The van der Waals surface area contributed by atoms with Crippen molar-refractivity contribution in [1.82, 2.24) is 15.1 Å². The molecular weight excluding hydrogens is 298 g/mol. The van der Waals surface area contributed by atoms with Crippen LogP contribution in [0.15, 0.2) is 23.1 Å². The maximum absolute atomic E-state index is 12.3. The topological polar surface area (TPSA) is 116 Å². The average molecular weight is 313 g/mol. The maximum atomic E-state index is 12.3. The summed E-state index contributed by atoms with van der Waals surface area (Å²) in [6.45, 7) is 2.21. The van der Waals surface area contributed by atoms with Crippen molar-refractivity contribution in [3.05, 3.63) is 29.3 Å². The molecule has 0 aromatic heterocycles. The molecule has 0 spiro atoms. The fourth-order valence-electron chi connectivity index (χ4n) is 2.07. The van der Waals surface area contributed by atoms with Crippen molar-refractivity contribution in [2.24, 2.45) is 0 Å². The number of carbonyl (C=O) groups excluding carboxylic acids is 2. The van der Waals surface area contributed by atoms with E-state index in [1.54, 1.807) is 6.92 Å². The molecule has 0 radical (unpaired) electrons. The molecule has 0 aliphatic carbocycles. The Morgan fingerprint density at radius 2 is 2.14 bits per heavy atom. The number of nitrogens with one attached hydrogen (secondary N) is 2. The van der Waals surface area contributed by atoms with Gasteiger partial charge in [0.2, 0.25) is 5.91 Å². The minimum atomic E-state index is -4.07. The summed E-state index contributed by atoms with van der Waals surface area (Å²) in [6, 6.07) is 4.14. The van der Waals surface area contributed by atoms with Crippen LogP contribution in [0.4, 0.5) is 0 Å². The Bertz CT molecular complexity index is 686. The van der Waals surface area contributed by atoms with Gasteiger partial charge in [0.05, 0.1) is 11.4 Å². The standard InChI is InChI=1S/C12H15N3O5S/c1-8-2-3-9(6-10(8)21(19,20)14-18)12(17)15-5-4-13-11(16)7-15/h2-3,6,14,18H,4-5,7H2,1H3,(H,13,16). The van der Waals surface area contributed by atoms with E-state index in [9.17, 15) is 18.0 Å². The van der Waals surface area contributed by atoms with Crippen LogP contribution in [0.5, 0.6) is 0 Å². The van der Waals surface area contributed by atoms with Crippen LogP contribution < -0.4 is 10.2 Å². The highest BCUT2D eigenvalue weighted by Gasteiger charge is 2.24. The molecule has 114 valence electrons. The molecule has 0 saturated carbocycles. The Kier molecular flexibility index (Phi) is 4.26. The van der Waals surface area contributed by atoms with E-state index in [1.165, 1.54) is 28.0 Å². The average Bonchev–Trinajstić information content (AvgIpc) is 2.47. The molecule has 1 aromatic carbocycles. The fourth-order valence-corrected chi connectivity index (χ4v) is 2.94. The number of amides is 2. The van der Waals surface area contributed by atoms with Gasteiger partial charge in [-0.2, -0.15) is 0 Å². The lowest BCUT2D eigenvalue weighted by atomic mass is 10.1. The van der Waals surface area contributed by atoms with Gasteiger partial charge in [0.15, 0.2) is 0 Å². The van der Waals surface area contributed by atoms with Crippen LogP contribution in [-0.2, 0) is 14.8 Å². The van der Waals surface area contributed by atoms with Crippen LogP contribution in [0.1, 0.15) is 15.9 Å². The van der Waals surface area contributed by atoms with E-state index in [0.29, 0.717) is 18.7 Å². The monoisotopic (exact) mass is 313 g/mol. The van der Waals surface area contributed by atoms with Gasteiger partial charge in [0.1, 0.15) is 0 Å². The van der Waals surface area contributed by atoms with Gasteiger partial charge in [-0.1, -0.05) is 11.0 Å². The first kappa shape index (κ1) is 15.4. The molecule has 2 rings (SSSR count). The largest absolute Gasteiger partial charge is 0.353 e. The Morgan fingerprint density at radius 3 is 2.76 bits per heavy atom. The third kappa shape index (κ3) is 3.20. The van der Waals surface area contributed by atoms with Gasteiger partial charge in [0.25, 0.3) is 15.9 Å². The maximum Gasteiger partial charge on any atom is 0.262 e. The van der Waals surface area contributed by atoms with Gasteiger partial charge in [0, 0.05) is 18.7 Å². The zero-order chi connectivity index (χ0) is 15.6. The Morgan fingerprint density at radius 1 is 1.43 bits per heavy atom. The lowest BCUT2D eigenvalue weighted by Gasteiger charge is -2.26. The van der Waals surface area contributed by atoms with Crippen molar-refractivity contribution in [1.29, 1.82) is 0 Å². The SMILES string of the molecule is Cc1ccc(C(=O)N2CCNC(=O)C2)cc1S(=O)(=O)NO. The summed E-state index contributed by atoms with van der Waals surface area (Å²) in [4.78, 5) is 26.0. The van der Waals surface area contributed by atoms with E-state index in [0.717, 1.165) is 0 Å². The molecule has 2 amide bonds. The summed E-state index contributed by atoms with van der Waals surface area (Å²) >= 11 is 0. The highest BCUT2D eigenvalue weighted by Crippen LogP contribution is 2.18. The quantitative estimate of drug-likeness (QED) is 0.634. The van der Waals surface area contributed by atoms with Gasteiger partial charge in [-0.15, -0.1) is 0 Å². The lowest BCUT2D eigenvalue weighted by Crippen LogP contribution is -2.50. The molecule has 1 aromatic rings. The highest BCUT2D eigenvalue weighted by atomic mass is 32.2. The number of hydrogen-bond donors (Lipinski definition) is 3. The molecule has 0 atom stereocenters. The number of piperazine rings is 1. The van der Waals surface area contributed by atoms with Crippen LogP contribution in [0, 0.1) is 6.92 Å². The first-order valence-corrected chi connectivity index (χ1v) is 7.66. The third-order valence-electron chi connectivity index (χ3n) is 3.17. The summed E-state index contributed by atoms with van der Waals surface area (Å²) in [5, 5.41) is 11.3. The Hall–Kier alpha value is -1.97. The molecule has 1 aliphatic heterocycles. The summed E-state index contributed by atoms with van der Waals surface area (Å²) in [7, 11) is -4.07. The molecule has 9 heteroatoms. The minimum absolute atomic E-state index is 0.0625. The zero-order valence-electron chi connectivity index (χ0n) is 11.3. The van der Waals surface area contributed by atoms with Crippen molar-refractivity contribution in [3.63, 3.8) is 0 Å². The lowest BCUT2D eigenvalue weighted by molar-refractivity contribution is -0.123. The van der Waals surface area contributed by atoms with Crippen molar-refractivity contribution < 1.29 is 23.2 Å². The number of nitrogens with zero attached hydrogens (tertiary/aromatic N) is 1. The smallest absolute Gasteiger partial charge is 0.262 e. The molecule has 3 N–H and O–H groups in total. The van der Waals surface area contributed by atoms with Crippen molar-refractivity contribution >= 4 is 21.8 Å². The summed E-state index contributed by atoms with van der Waals surface area (Å²) < 4.78 is 23.3. The van der Waals surface area contributed by atoms with E-state index >= 15 is 0 Å². The minimum Gasteiger partial charge on any atom is -0.353 e. The van der Waals surface area contributed by atoms with Gasteiger partial charge in [-0.25, -0.2) is 8.42 Å². The molecule has 0 bridgehead atoms. The molecule has 1 saturated heterocycles. The predicted molar refractivity (Wildman–Crippen MR) is 72.2 cm³/mol. The third-order valence-corrected chi connectivity index (χ3v) is 4.43. The highest BCUT2D eigenvalue weighted by molar-refractivity contribution is 7.89. The Labute approximate surface area is 121 Å². The van der Waals surface area contributed by atoms with Crippen LogP contribution >= 0.6 is 0 Å². The van der Waals surface area contributed by atoms with Gasteiger partial charge >= 0.3 is 0 Å². The zero-order valence-corrected chi connectivity index (χ0v) is 12.1. The molecule has 1 aliphatic rings. The normalized spacial score (nSPS) is 15.7. The second-order valence-electron chi connectivity index (χ2n) is 4.65. The number of aryl methyl sites for hydroxylation is 1. The molecule has 21 heavy (non-hydrogen) atoms. The second kappa shape index (κ2) is 5.80. The van der Waals surface area contributed by atoms with Gasteiger partial charge in [-0.3, -0.25) is 9.59 Å². The van der Waals surface area contributed by atoms with E-state index in [4.69, 9.17) is 5.21 Å². The molecular formula is C12H15N3O5S. The molecule has 8 nitrogen and oxygen atoms in total. The van der Waals surface area contributed by atoms with Crippen LogP contribution in [0.2, 0.25) is 0 Å². The van der Waals surface area contributed by atoms with Crippen molar-refractivity contribution in [2.45, 2.75) is 11.8 Å². The number of benzene rings is 1. The fraction of sp³-hybridized carbons (Fsp3) is 0.333. The second-order valence-corrected chi connectivity index (χ2v) is 6.28. The van der Waals surface area contributed by atoms with Crippen LogP contribution in [0.25, 0.3) is 0 Å². The van der Waals surface area contributed by atoms with Crippen LogP contribution in [-0.4, -0.2) is 50.0 Å². The summed E-state index contributed by atoms with van der Waals surface area (Å²) in [6.07, 6.45) is 0. The molecule has 0 unspecified atom stereocenters. The van der Waals surface area contributed by atoms with E-state index < -0.39 is 15.9 Å². The Balaban J connectivity index is 2.35. The predicted octanol–water partition coefficient (Wildman–Crippen LogP) is -0.765. The molecule has 1 heterocycles. The number of carbonyl (C=O) groups is 2. The van der Waals surface area contributed by atoms with Gasteiger partial charge < -0.3 is 15.4 Å². The van der Waals surface area contributed by atoms with E-state index in [1.807, 2.05) is 0 Å². The van der Waals surface area contributed by atoms with Gasteiger partial charge in [-0.05, 0) is 24.6 Å². The van der Waals surface area contributed by atoms with Crippen molar-refractivity contribution in [2.75, 3.05) is 19.6 Å². The number of sulfonamides is 1. The first-order valence-electron chi connectivity index (χ1n) is 6.17. The number of hydrogen-bond acceptors (Lipinski definition) is 5. The van der Waals surface area contributed by atoms with E-state index in [2.05, 4.69) is 5.32 Å². The summed E-state index contributed by atoms with van der Waals surface area (Å²) in [5.41, 5.74) is 0.536. The summed E-state index contributed by atoms with van der Waals surface area (Å²) in [5.74, 6) is -0.689.